The molecule has 5 heteroatoms. The number of rotatable bonds is 6. The topological polar surface area (TPSA) is 73.6 Å². The van der Waals surface area contributed by atoms with Crippen LogP contribution in [0, 0.1) is 0 Å². The zero-order chi connectivity index (χ0) is 13.5. The summed E-state index contributed by atoms with van der Waals surface area (Å²) in [7, 11) is 0. The molecule has 0 fully saturated rings. The Labute approximate surface area is 107 Å². The van der Waals surface area contributed by atoms with Crippen LogP contribution in [0.3, 0.4) is 0 Å². The summed E-state index contributed by atoms with van der Waals surface area (Å²) in [4.78, 5) is 11.4. The molecule has 3 N–H and O–H groups in total. The van der Waals surface area contributed by atoms with Gasteiger partial charge in [-0.1, -0.05) is 6.92 Å². The van der Waals surface area contributed by atoms with E-state index in [0.717, 1.165) is 6.42 Å². The molecule has 1 aromatic carbocycles. The molecule has 0 spiro atoms. The van der Waals surface area contributed by atoms with Gasteiger partial charge < -0.3 is 9.47 Å². The van der Waals surface area contributed by atoms with Crippen molar-refractivity contribution in [1.29, 1.82) is 0 Å². The number of nitrogens with one attached hydrogen (secondary N) is 1. The molecule has 1 amide bonds. The molecule has 0 aliphatic heterocycles. The third-order valence-electron chi connectivity index (χ3n) is 2.54. The van der Waals surface area contributed by atoms with E-state index >= 15 is 0 Å². The molecule has 1 rings (SSSR count). The van der Waals surface area contributed by atoms with E-state index in [1.165, 1.54) is 0 Å². The maximum absolute atomic E-state index is 11.4. The normalized spacial score (nSPS) is 11.8. The summed E-state index contributed by atoms with van der Waals surface area (Å²) in [5.74, 6) is 5.93. The molecule has 18 heavy (non-hydrogen) atoms. The van der Waals surface area contributed by atoms with Crippen LogP contribution in [0.15, 0.2) is 18.2 Å². The monoisotopic (exact) mass is 252 g/mol. The second-order valence-corrected chi connectivity index (χ2v) is 3.90. The van der Waals surface area contributed by atoms with E-state index in [9.17, 15) is 4.79 Å². The molecule has 0 aromatic heterocycles. The highest BCUT2D eigenvalue weighted by Gasteiger charge is 2.12. The van der Waals surface area contributed by atoms with Crippen LogP contribution in [-0.2, 0) is 0 Å². The fourth-order valence-electron chi connectivity index (χ4n) is 1.40. The summed E-state index contributed by atoms with van der Waals surface area (Å²) in [6.07, 6.45) is 0.995. The van der Waals surface area contributed by atoms with Gasteiger partial charge in [-0.3, -0.25) is 10.2 Å². The van der Waals surface area contributed by atoms with Crippen LogP contribution in [-0.4, -0.2) is 18.6 Å². The van der Waals surface area contributed by atoms with Crippen molar-refractivity contribution in [3.05, 3.63) is 23.8 Å². The second kappa shape index (κ2) is 6.86. The van der Waals surface area contributed by atoms with Crippen LogP contribution in [0.2, 0.25) is 0 Å². The first-order valence-electron chi connectivity index (χ1n) is 6.06. The molecular formula is C13H20N2O3. The van der Waals surface area contributed by atoms with E-state index in [0.29, 0.717) is 23.7 Å². The van der Waals surface area contributed by atoms with Gasteiger partial charge in [0, 0.05) is 5.56 Å². The van der Waals surface area contributed by atoms with Crippen LogP contribution in [0.5, 0.6) is 11.5 Å². The van der Waals surface area contributed by atoms with Gasteiger partial charge in [0.15, 0.2) is 11.5 Å². The smallest absolute Gasteiger partial charge is 0.265 e. The maximum Gasteiger partial charge on any atom is 0.265 e. The lowest BCUT2D eigenvalue weighted by atomic mass is 10.2. The minimum atomic E-state index is -0.356. The predicted molar refractivity (Wildman–Crippen MR) is 69.6 cm³/mol. The van der Waals surface area contributed by atoms with E-state index in [1.54, 1.807) is 18.2 Å². The SMILES string of the molecule is CCOc1cc(C(=O)NN)ccc1OC(C)CC. The lowest BCUT2D eigenvalue weighted by Gasteiger charge is -2.16. The third kappa shape index (κ3) is 3.63. The average Bonchev–Trinajstić information content (AvgIpc) is 2.39. The number of benzene rings is 1. The Morgan fingerprint density at radius 3 is 2.67 bits per heavy atom. The molecule has 0 bridgehead atoms. The number of nitrogen functional groups attached to an aromatic ring is 1. The average molecular weight is 252 g/mol. The van der Waals surface area contributed by atoms with Crippen molar-refractivity contribution in [1.82, 2.24) is 5.43 Å². The van der Waals surface area contributed by atoms with Crippen molar-refractivity contribution in [2.45, 2.75) is 33.3 Å². The third-order valence-corrected chi connectivity index (χ3v) is 2.54. The first-order chi connectivity index (χ1) is 8.62. The Balaban J connectivity index is 3.00. The van der Waals surface area contributed by atoms with E-state index < -0.39 is 0 Å². The molecule has 100 valence electrons. The Bertz CT molecular complexity index is 407. The summed E-state index contributed by atoms with van der Waals surface area (Å²) in [5.41, 5.74) is 2.53. The number of carbonyl (C=O) groups is 1. The largest absolute Gasteiger partial charge is 0.490 e. The molecule has 5 nitrogen and oxygen atoms in total. The summed E-state index contributed by atoms with van der Waals surface area (Å²) < 4.78 is 11.2. The Morgan fingerprint density at radius 1 is 1.39 bits per heavy atom. The number of hydrazine groups is 1. The Morgan fingerprint density at radius 2 is 2.11 bits per heavy atom. The first kappa shape index (κ1) is 14.3. The summed E-state index contributed by atoms with van der Waals surface area (Å²) in [5, 5.41) is 0. The molecule has 0 heterocycles. The maximum atomic E-state index is 11.4. The van der Waals surface area contributed by atoms with Crippen LogP contribution in [0.1, 0.15) is 37.6 Å². The lowest BCUT2D eigenvalue weighted by Crippen LogP contribution is -2.30. The number of nitrogens with two attached hydrogens (primary N) is 1. The molecule has 0 radical (unpaired) electrons. The second-order valence-electron chi connectivity index (χ2n) is 3.90. The molecule has 1 aromatic rings. The fourth-order valence-corrected chi connectivity index (χ4v) is 1.40. The van der Waals surface area contributed by atoms with Gasteiger partial charge in [0.2, 0.25) is 0 Å². The van der Waals surface area contributed by atoms with Crippen molar-refractivity contribution in [2.75, 3.05) is 6.61 Å². The highest BCUT2D eigenvalue weighted by atomic mass is 16.5. The van der Waals surface area contributed by atoms with Crippen molar-refractivity contribution < 1.29 is 14.3 Å². The quantitative estimate of drug-likeness (QED) is 0.460. The van der Waals surface area contributed by atoms with E-state index in [1.807, 2.05) is 20.8 Å². The van der Waals surface area contributed by atoms with Gasteiger partial charge in [-0.25, -0.2) is 5.84 Å². The minimum absolute atomic E-state index is 0.0957. The Hall–Kier alpha value is -1.75. The number of carbonyl (C=O) groups excluding carboxylic acids is 1. The molecule has 0 aliphatic carbocycles. The van der Waals surface area contributed by atoms with Crippen LogP contribution in [0.25, 0.3) is 0 Å². The first-order valence-corrected chi connectivity index (χ1v) is 6.06. The zero-order valence-electron chi connectivity index (χ0n) is 11.0. The number of amides is 1. The molecular weight excluding hydrogens is 232 g/mol. The van der Waals surface area contributed by atoms with Crippen LogP contribution in [0.4, 0.5) is 0 Å². The summed E-state index contributed by atoms with van der Waals surface area (Å²) >= 11 is 0. The molecule has 0 aliphatic rings. The van der Waals surface area contributed by atoms with Gasteiger partial charge in [-0.2, -0.15) is 0 Å². The standard InChI is InChI=1S/C13H20N2O3/c1-4-9(3)18-11-7-6-10(13(16)15-14)8-12(11)17-5-2/h6-9H,4-5,14H2,1-3H3,(H,15,16). The summed E-state index contributed by atoms with van der Waals surface area (Å²) in [6.45, 7) is 6.41. The van der Waals surface area contributed by atoms with E-state index in [-0.39, 0.29) is 12.0 Å². The van der Waals surface area contributed by atoms with Gasteiger partial charge in [0.25, 0.3) is 5.91 Å². The highest BCUT2D eigenvalue weighted by Crippen LogP contribution is 2.29. The fraction of sp³-hybridized carbons (Fsp3) is 0.462. The van der Waals surface area contributed by atoms with Gasteiger partial charge in [0.05, 0.1) is 12.7 Å². The molecule has 1 atom stereocenters. The summed E-state index contributed by atoms with van der Waals surface area (Å²) in [6, 6.07) is 5.01. The van der Waals surface area contributed by atoms with Gasteiger partial charge in [0.1, 0.15) is 0 Å². The molecule has 0 saturated carbocycles. The van der Waals surface area contributed by atoms with Gasteiger partial charge in [-0.05, 0) is 38.5 Å². The zero-order valence-corrected chi connectivity index (χ0v) is 11.0. The molecule has 0 saturated heterocycles. The van der Waals surface area contributed by atoms with E-state index in [2.05, 4.69) is 5.43 Å². The van der Waals surface area contributed by atoms with Crippen LogP contribution < -0.4 is 20.7 Å². The van der Waals surface area contributed by atoms with Gasteiger partial charge >= 0.3 is 0 Å². The number of hydrogen-bond acceptors (Lipinski definition) is 4. The number of hydrogen-bond donors (Lipinski definition) is 2. The predicted octanol–water partition coefficient (Wildman–Crippen LogP) is 1.87. The van der Waals surface area contributed by atoms with Crippen molar-refractivity contribution in [3.8, 4) is 11.5 Å². The van der Waals surface area contributed by atoms with Crippen molar-refractivity contribution >= 4 is 5.91 Å². The van der Waals surface area contributed by atoms with Crippen molar-refractivity contribution in [2.24, 2.45) is 5.84 Å². The highest BCUT2D eigenvalue weighted by molar-refractivity contribution is 5.94. The Kier molecular flexibility index (Phi) is 5.45. The van der Waals surface area contributed by atoms with E-state index in [4.69, 9.17) is 15.3 Å². The minimum Gasteiger partial charge on any atom is -0.490 e. The lowest BCUT2D eigenvalue weighted by molar-refractivity contribution is 0.0953. The van der Waals surface area contributed by atoms with Crippen LogP contribution >= 0.6 is 0 Å². The molecule has 1 unspecified atom stereocenters. The van der Waals surface area contributed by atoms with Gasteiger partial charge in [-0.15, -0.1) is 0 Å². The van der Waals surface area contributed by atoms with Crippen molar-refractivity contribution in [3.63, 3.8) is 0 Å². The number of ether oxygens (including phenoxy) is 2.